The summed E-state index contributed by atoms with van der Waals surface area (Å²) < 4.78 is 12.9. The Morgan fingerprint density at radius 2 is 1.87 bits per heavy atom. The number of nitrogens with zero attached hydrogens (tertiary/aromatic N) is 1. The second-order valence-corrected chi connectivity index (χ2v) is 7.29. The quantitative estimate of drug-likeness (QED) is 0.652. The number of carbonyl (C=O) groups is 1. The summed E-state index contributed by atoms with van der Waals surface area (Å²) in [6.45, 7) is 1.83. The van der Waals surface area contributed by atoms with Gasteiger partial charge in [0.2, 0.25) is 0 Å². The third kappa shape index (κ3) is 5.15. The van der Waals surface area contributed by atoms with Gasteiger partial charge in [-0.05, 0) is 60.9 Å². The molecule has 30 heavy (non-hydrogen) atoms. The van der Waals surface area contributed by atoms with Crippen LogP contribution in [0.15, 0.2) is 77.7 Å². The van der Waals surface area contributed by atoms with Gasteiger partial charge < -0.3 is 19.4 Å². The van der Waals surface area contributed by atoms with Crippen molar-refractivity contribution in [2.75, 3.05) is 18.5 Å². The molecule has 1 saturated heterocycles. The van der Waals surface area contributed by atoms with Gasteiger partial charge in [-0.2, -0.15) is 0 Å². The monoisotopic (exact) mass is 404 g/mol. The third-order valence-electron chi connectivity index (χ3n) is 5.04. The van der Waals surface area contributed by atoms with Crippen LogP contribution >= 0.6 is 0 Å². The van der Waals surface area contributed by atoms with Crippen LogP contribution in [0.5, 0.6) is 5.75 Å². The van der Waals surface area contributed by atoms with Crippen molar-refractivity contribution in [2.24, 2.45) is 0 Å². The normalized spacial score (nSPS) is 15.7. The summed E-state index contributed by atoms with van der Waals surface area (Å²) in [7, 11) is 0. The average molecular weight is 404 g/mol. The number of hydrogen-bond acceptors (Lipinski definition) is 4. The number of ether oxygens (including phenoxy) is 2. The molecule has 0 spiro atoms. The molecule has 1 amide bonds. The molecule has 6 nitrogen and oxygen atoms in total. The largest absolute Gasteiger partial charge is 0.491 e. The second kappa shape index (κ2) is 9.41. The van der Waals surface area contributed by atoms with Gasteiger partial charge in [-0.25, -0.2) is 0 Å². The Morgan fingerprint density at radius 1 is 1.07 bits per heavy atom. The minimum Gasteiger partial charge on any atom is -0.491 e. The number of pyridine rings is 1. The van der Waals surface area contributed by atoms with Gasteiger partial charge >= 0.3 is 0 Å². The molecule has 6 heteroatoms. The maximum Gasteiger partial charge on any atom is 0.255 e. The van der Waals surface area contributed by atoms with E-state index in [1.54, 1.807) is 41.1 Å². The van der Waals surface area contributed by atoms with Crippen molar-refractivity contribution in [3.63, 3.8) is 0 Å². The molecule has 2 aromatic carbocycles. The smallest absolute Gasteiger partial charge is 0.255 e. The Kier molecular flexibility index (Phi) is 6.25. The molecule has 1 aliphatic rings. The molecule has 3 aromatic rings. The van der Waals surface area contributed by atoms with Gasteiger partial charge in [0.05, 0.1) is 12.6 Å². The van der Waals surface area contributed by atoms with Crippen LogP contribution < -0.4 is 15.6 Å². The summed E-state index contributed by atoms with van der Waals surface area (Å²) in [6, 6.07) is 19.6. The highest BCUT2D eigenvalue weighted by Crippen LogP contribution is 2.18. The fraction of sp³-hybridized carbons (Fsp3) is 0.250. The summed E-state index contributed by atoms with van der Waals surface area (Å²) in [5.74, 6) is 0.537. The number of amides is 1. The number of rotatable bonds is 7. The van der Waals surface area contributed by atoms with Crippen molar-refractivity contribution in [3.8, 4) is 5.75 Å². The van der Waals surface area contributed by atoms with Gasteiger partial charge in [0.25, 0.3) is 11.5 Å². The van der Waals surface area contributed by atoms with Crippen LogP contribution in [0.2, 0.25) is 0 Å². The molecule has 1 N–H and O–H groups in total. The van der Waals surface area contributed by atoms with Crippen molar-refractivity contribution in [1.29, 1.82) is 0 Å². The first kappa shape index (κ1) is 19.9. The first-order chi connectivity index (χ1) is 14.7. The van der Waals surface area contributed by atoms with Crippen molar-refractivity contribution in [3.05, 3.63) is 94.4 Å². The number of anilines is 1. The van der Waals surface area contributed by atoms with E-state index in [1.807, 2.05) is 30.3 Å². The minimum atomic E-state index is -0.187. The molecule has 1 atom stereocenters. The molecule has 1 aliphatic heterocycles. The second-order valence-electron chi connectivity index (χ2n) is 7.29. The Morgan fingerprint density at radius 3 is 2.57 bits per heavy atom. The van der Waals surface area contributed by atoms with Crippen molar-refractivity contribution in [1.82, 2.24) is 4.57 Å². The lowest BCUT2D eigenvalue weighted by Crippen LogP contribution is -2.18. The highest BCUT2D eigenvalue weighted by atomic mass is 16.5. The van der Waals surface area contributed by atoms with E-state index in [0.29, 0.717) is 24.4 Å². The molecule has 1 fully saturated rings. The summed E-state index contributed by atoms with van der Waals surface area (Å²) in [4.78, 5) is 24.3. The summed E-state index contributed by atoms with van der Waals surface area (Å²) in [5, 5.41) is 2.89. The maximum absolute atomic E-state index is 12.5. The molecule has 0 aliphatic carbocycles. The lowest BCUT2D eigenvalue weighted by atomic mass is 10.1. The Balaban J connectivity index is 1.32. The van der Waals surface area contributed by atoms with Crippen molar-refractivity contribution >= 4 is 11.6 Å². The zero-order valence-electron chi connectivity index (χ0n) is 16.6. The molecule has 0 unspecified atom stereocenters. The third-order valence-corrected chi connectivity index (χ3v) is 5.04. The standard InChI is InChI=1S/C24H24N2O4/c27-23-5-1-2-14-26(23)16-18-6-10-20(11-7-18)25-24(28)19-8-12-21(13-9-19)30-17-22-4-3-15-29-22/h1-2,5-14,22H,3-4,15-17H2,(H,25,28)/t22-/m0/s1. The van der Waals surface area contributed by atoms with Gasteiger partial charge in [0.15, 0.2) is 0 Å². The van der Waals surface area contributed by atoms with Crippen LogP contribution in [-0.2, 0) is 11.3 Å². The maximum atomic E-state index is 12.5. The van der Waals surface area contributed by atoms with Gasteiger partial charge in [-0.1, -0.05) is 18.2 Å². The predicted octanol–water partition coefficient (Wildman–Crippen LogP) is 3.71. The zero-order chi connectivity index (χ0) is 20.8. The van der Waals surface area contributed by atoms with E-state index < -0.39 is 0 Å². The molecule has 154 valence electrons. The van der Waals surface area contributed by atoms with Crippen molar-refractivity contribution < 1.29 is 14.3 Å². The molecule has 4 rings (SSSR count). The van der Waals surface area contributed by atoms with E-state index >= 15 is 0 Å². The summed E-state index contributed by atoms with van der Waals surface area (Å²) in [5.41, 5.74) is 2.19. The van der Waals surface area contributed by atoms with E-state index in [0.717, 1.165) is 30.8 Å². The predicted molar refractivity (Wildman–Crippen MR) is 115 cm³/mol. The first-order valence-corrected chi connectivity index (χ1v) is 10.1. The fourth-order valence-electron chi connectivity index (χ4n) is 3.35. The molecule has 0 bridgehead atoms. The van der Waals surface area contributed by atoms with Gasteiger partial charge in [0.1, 0.15) is 12.4 Å². The minimum absolute atomic E-state index is 0.0434. The molecule has 1 aromatic heterocycles. The van der Waals surface area contributed by atoms with E-state index in [2.05, 4.69) is 5.32 Å². The van der Waals surface area contributed by atoms with E-state index in [-0.39, 0.29) is 17.6 Å². The van der Waals surface area contributed by atoms with Gasteiger partial charge in [0, 0.05) is 30.1 Å². The van der Waals surface area contributed by atoms with Gasteiger partial charge in [-0.3, -0.25) is 9.59 Å². The molecule has 2 heterocycles. The lowest BCUT2D eigenvalue weighted by molar-refractivity contribution is 0.0679. The van der Waals surface area contributed by atoms with E-state index in [9.17, 15) is 9.59 Å². The summed E-state index contributed by atoms with van der Waals surface area (Å²) >= 11 is 0. The van der Waals surface area contributed by atoms with Crippen LogP contribution in [0.25, 0.3) is 0 Å². The number of carbonyl (C=O) groups excluding carboxylic acids is 1. The number of aromatic nitrogens is 1. The highest BCUT2D eigenvalue weighted by molar-refractivity contribution is 6.04. The molecule has 0 saturated carbocycles. The van der Waals surface area contributed by atoms with E-state index in [1.165, 1.54) is 6.07 Å². The highest BCUT2D eigenvalue weighted by Gasteiger charge is 2.16. The Hall–Kier alpha value is -3.38. The van der Waals surface area contributed by atoms with Crippen LogP contribution in [-0.4, -0.2) is 29.8 Å². The SMILES string of the molecule is O=C(Nc1ccc(Cn2ccccc2=O)cc1)c1ccc(OC[C@@H]2CCCO2)cc1. The zero-order valence-corrected chi connectivity index (χ0v) is 16.6. The number of benzene rings is 2. The Labute approximate surface area is 175 Å². The number of nitrogens with one attached hydrogen (secondary N) is 1. The van der Waals surface area contributed by atoms with Crippen LogP contribution in [0, 0.1) is 0 Å². The van der Waals surface area contributed by atoms with Crippen LogP contribution in [0.1, 0.15) is 28.8 Å². The topological polar surface area (TPSA) is 69.6 Å². The van der Waals surface area contributed by atoms with Gasteiger partial charge in [-0.15, -0.1) is 0 Å². The molecule has 0 radical (unpaired) electrons. The van der Waals surface area contributed by atoms with Crippen LogP contribution in [0.3, 0.4) is 0 Å². The van der Waals surface area contributed by atoms with Crippen LogP contribution in [0.4, 0.5) is 5.69 Å². The van der Waals surface area contributed by atoms with E-state index in [4.69, 9.17) is 9.47 Å². The molecular formula is C24H24N2O4. The summed E-state index contributed by atoms with van der Waals surface area (Å²) in [6.07, 6.45) is 4.03. The lowest BCUT2D eigenvalue weighted by Gasteiger charge is -2.12. The Bertz CT molecular complexity index is 1040. The molecular weight excluding hydrogens is 380 g/mol. The fourth-order valence-corrected chi connectivity index (χ4v) is 3.35. The first-order valence-electron chi connectivity index (χ1n) is 10.1. The number of hydrogen-bond donors (Lipinski definition) is 1. The average Bonchev–Trinajstić information content (AvgIpc) is 3.29. The van der Waals surface area contributed by atoms with Crippen molar-refractivity contribution in [2.45, 2.75) is 25.5 Å².